The van der Waals surface area contributed by atoms with Gasteiger partial charge < -0.3 is 4.98 Å². The van der Waals surface area contributed by atoms with Gasteiger partial charge in [-0.3, -0.25) is 4.79 Å². The monoisotopic (exact) mass is 365 g/mol. The largest absolute Gasteiger partial charge is 0.360 e. The summed E-state index contributed by atoms with van der Waals surface area (Å²) >= 11 is 0. The molecule has 0 fully saturated rings. The highest BCUT2D eigenvalue weighted by molar-refractivity contribution is 6.51. The second-order valence-corrected chi connectivity index (χ2v) is 6.44. The van der Waals surface area contributed by atoms with Gasteiger partial charge in [0.15, 0.2) is 0 Å². The third-order valence-electron chi connectivity index (χ3n) is 4.58. The fraction of sp³-hybridized carbons (Fsp3) is 0.0417. The van der Waals surface area contributed by atoms with E-state index in [0.29, 0.717) is 11.3 Å². The number of carbonyl (C=O) groups is 1. The molecule has 0 saturated carbocycles. The molecule has 1 N–H and O–H groups in total. The van der Waals surface area contributed by atoms with Crippen LogP contribution >= 0.6 is 0 Å². The normalized spacial score (nSPS) is 12.3. The van der Waals surface area contributed by atoms with Crippen molar-refractivity contribution in [3.8, 4) is 0 Å². The summed E-state index contributed by atoms with van der Waals surface area (Å²) in [5, 5.41) is 9.86. The molecule has 0 bridgehead atoms. The number of rotatable bonds is 5. The van der Waals surface area contributed by atoms with E-state index in [0.717, 1.165) is 27.7 Å². The first-order chi connectivity index (χ1) is 13.7. The molecule has 3 aromatic carbocycles. The van der Waals surface area contributed by atoms with Gasteiger partial charge in [0.25, 0.3) is 0 Å². The number of H-pyrrole nitrogens is 1. The third kappa shape index (κ3) is 3.53. The van der Waals surface area contributed by atoms with E-state index in [9.17, 15) is 4.79 Å². The lowest BCUT2D eigenvalue weighted by atomic mass is 10.0. The number of fused-ring (bicyclic) bond motifs is 1. The van der Waals surface area contributed by atoms with Crippen molar-refractivity contribution in [2.24, 2.45) is 10.2 Å². The minimum Gasteiger partial charge on any atom is -0.360 e. The Hall–Kier alpha value is -3.79. The van der Waals surface area contributed by atoms with E-state index in [-0.39, 0.29) is 5.78 Å². The van der Waals surface area contributed by atoms with E-state index in [2.05, 4.69) is 15.2 Å². The molecule has 4 aromatic rings. The first-order valence-electron chi connectivity index (χ1n) is 9.08. The lowest BCUT2D eigenvalue weighted by molar-refractivity contribution is 0.106. The molecule has 0 radical (unpaired) electrons. The molecule has 4 heteroatoms. The lowest BCUT2D eigenvalue weighted by Gasteiger charge is -2.05. The number of hydrogen-bond acceptors (Lipinski definition) is 3. The third-order valence-corrected chi connectivity index (χ3v) is 4.58. The van der Waals surface area contributed by atoms with Gasteiger partial charge in [0.1, 0.15) is 5.71 Å². The van der Waals surface area contributed by atoms with Crippen molar-refractivity contribution in [3.05, 3.63) is 108 Å². The zero-order valence-corrected chi connectivity index (χ0v) is 15.5. The highest BCUT2D eigenvalue weighted by atomic mass is 16.1. The maximum absolute atomic E-state index is 13.1. The van der Waals surface area contributed by atoms with Gasteiger partial charge in [0.2, 0.25) is 5.78 Å². The predicted molar refractivity (Wildman–Crippen MR) is 114 cm³/mol. The molecular formula is C24H19N3O. The van der Waals surface area contributed by atoms with E-state index in [4.69, 9.17) is 0 Å². The number of ketones is 1. The van der Waals surface area contributed by atoms with Gasteiger partial charge in [-0.2, -0.15) is 5.10 Å². The Morgan fingerprint density at radius 2 is 1.36 bits per heavy atom. The first kappa shape index (κ1) is 17.6. The van der Waals surface area contributed by atoms with Crippen molar-refractivity contribution in [2.75, 3.05) is 0 Å². The highest BCUT2D eigenvalue weighted by Gasteiger charge is 2.16. The Morgan fingerprint density at radius 3 is 2.07 bits per heavy atom. The molecule has 4 nitrogen and oxygen atoms in total. The van der Waals surface area contributed by atoms with Gasteiger partial charge in [-0.1, -0.05) is 78.9 Å². The molecule has 0 unspecified atom stereocenters. The topological polar surface area (TPSA) is 57.6 Å². The molecule has 28 heavy (non-hydrogen) atoms. The van der Waals surface area contributed by atoms with Gasteiger partial charge in [-0.05, 0) is 13.0 Å². The first-order valence-corrected chi connectivity index (χ1v) is 9.08. The van der Waals surface area contributed by atoms with Gasteiger partial charge in [0.05, 0.1) is 5.71 Å². The second-order valence-electron chi connectivity index (χ2n) is 6.44. The van der Waals surface area contributed by atoms with Gasteiger partial charge in [-0.25, -0.2) is 0 Å². The minimum absolute atomic E-state index is 0.151. The number of nitrogens with one attached hydrogen (secondary N) is 1. The maximum Gasteiger partial charge on any atom is 0.213 e. The number of benzene rings is 3. The Morgan fingerprint density at radius 1 is 0.750 bits per heavy atom. The number of Topliss-reactive ketones (excluding diaryl/α,β-unsaturated/α-hetero) is 1. The molecule has 0 amide bonds. The van der Waals surface area contributed by atoms with Crippen molar-refractivity contribution in [1.29, 1.82) is 0 Å². The predicted octanol–water partition coefficient (Wildman–Crippen LogP) is 5.26. The van der Waals surface area contributed by atoms with Crippen LogP contribution in [0.1, 0.15) is 28.4 Å². The smallest absolute Gasteiger partial charge is 0.213 e. The molecule has 0 aliphatic heterocycles. The lowest BCUT2D eigenvalue weighted by Crippen LogP contribution is -2.15. The van der Waals surface area contributed by atoms with Gasteiger partial charge in [-0.15, -0.1) is 5.10 Å². The molecule has 136 valence electrons. The number of aromatic nitrogens is 1. The fourth-order valence-corrected chi connectivity index (χ4v) is 3.11. The molecule has 1 heterocycles. The molecule has 0 saturated heterocycles. The zero-order valence-electron chi connectivity index (χ0n) is 15.5. The molecular weight excluding hydrogens is 346 g/mol. The van der Waals surface area contributed by atoms with Crippen LogP contribution in [0.25, 0.3) is 10.9 Å². The molecule has 4 rings (SSSR count). The summed E-state index contributed by atoms with van der Waals surface area (Å²) < 4.78 is 0. The van der Waals surface area contributed by atoms with Crippen LogP contribution in [0.15, 0.2) is 101 Å². The van der Waals surface area contributed by atoms with Crippen LogP contribution in [0.3, 0.4) is 0 Å². The summed E-state index contributed by atoms with van der Waals surface area (Å²) in [5.41, 5.74) is 4.41. The van der Waals surface area contributed by atoms with E-state index < -0.39 is 0 Å². The summed E-state index contributed by atoms with van der Waals surface area (Å²) in [5.74, 6) is -0.151. The molecule has 0 aliphatic carbocycles. The van der Waals surface area contributed by atoms with E-state index in [1.165, 1.54) is 0 Å². The van der Waals surface area contributed by atoms with Crippen molar-refractivity contribution < 1.29 is 4.79 Å². The van der Waals surface area contributed by atoms with Gasteiger partial charge >= 0.3 is 0 Å². The average Bonchev–Trinajstić information content (AvgIpc) is 3.19. The standard InChI is InChI=1S/C24H19N3O/c1-17(21-16-25-22-15-9-8-14-20(21)22)26-27-23(18-10-4-2-5-11-18)24(28)19-12-6-3-7-13-19/h2-16,25H,1H3/b26-17+,27-23-. The quantitative estimate of drug-likeness (QED) is 0.293. The number of aromatic amines is 1. The Kier molecular flexibility index (Phi) is 4.93. The van der Waals surface area contributed by atoms with E-state index >= 15 is 0 Å². The van der Waals surface area contributed by atoms with Crippen molar-refractivity contribution >= 4 is 28.1 Å². The average molecular weight is 365 g/mol. The summed E-state index contributed by atoms with van der Waals surface area (Å²) in [6.07, 6.45) is 1.92. The van der Waals surface area contributed by atoms with Crippen LogP contribution in [-0.2, 0) is 0 Å². The van der Waals surface area contributed by atoms with Crippen molar-refractivity contribution in [2.45, 2.75) is 6.92 Å². The summed E-state index contributed by atoms with van der Waals surface area (Å²) in [4.78, 5) is 16.3. The Balaban J connectivity index is 1.77. The van der Waals surface area contributed by atoms with Crippen LogP contribution < -0.4 is 0 Å². The number of carbonyl (C=O) groups excluding carboxylic acids is 1. The van der Waals surface area contributed by atoms with Crippen LogP contribution in [0.4, 0.5) is 0 Å². The van der Waals surface area contributed by atoms with E-state index in [1.54, 1.807) is 12.1 Å². The molecule has 0 spiro atoms. The number of nitrogens with zero attached hydrogens (tertiary/aromatic N) is 2. The van der Waals surface area contributed by atoms with Crippen molar-refractivity contribution in [3.63, 3.8) is 0 Å². The number of hydrogen-bond donors (Lipinski definition) is 1. The summed E-state index contributed by atoms with van der Waals surface area (Å²) in [7, 11) is 0. The number of para-hydroxylation sites is 1. The fourth-order valence-electron chi connectivity index (χ4n) is 3.11. The van der Waals surface area contributed by atoms with Crippen LogP contribution in [-0.4, -0.2) is 22.2 Å². The minimum atomic E-state index is -0.151. The molecule has 0 atom stereocenters. The Bertz CT molecular complexity index is 1170. The van der Waals surface area contributed by atoms with Crippen LogP contribution in [0.5, 0.6) is 0 Å². The summed E-state index contributed by atoms with van der Waals surface area (Å²) in [6.45, 7) is 1.90. The summed E-state index contributed by atoms with van der Waals surface area (Å²) in [6, 6.07) is 26.6. The maximum atomic E-state index is 13.1. The molecule has 0 aliphatic rings. The van der Waals surface area contributed by atoms with Crippen LogP contribution in [0, 0.1) is 0 Å². The van der Waals surface area contributed by atoms with Crippen molar-refractivity contribution in [1.82, 2.24) is 4.98 Å². The SMILES string of the molecule is C/C(=N\N=C(/C(=O)c1ccccc1)c1ccccc1)c1c[nH]c2ccccc12. The van der Waals surface area contributed by atoms with Gasteiger partial charge in [0, 0.05) is 33.8 Å². The second kappa shape index (κ2) is 7.84. The van der Waals surface area contributed by atoms with Crippen LogP contribution in [0.2, 0.25) is 0 Å². The molecule has 1 aromatic heterocycles. The van der Waals surface area contributed by atoms with E-state index in [1.807, 2.05) is 85.9 Å². The highest BCUT2D eigenvalue weighted by Crippen LogP contribution is 2.19. The Labute approximate surface area is 163 Å². The zero-order chi connectivity index (χ0) is 19.3.